The van der Waals surface area contributed by atoms with Crippen LogP contribution in [0.1, 0.15) is 98.8 Å². The van der Waals surface area contributed by atoms with E-state index in [9.17, 15) is 9.59 Å². The molecule has 1 aliphatic rings. The van der Waals surface area contributed by atoms with Gasteiger partial charge in [0.15, 0.2) is 0 Å². The maximum atomic E-state index is 12.8. The van der Waals surface area contributed by atoms with Crippen LogP contribution in [0.3, 0.4) is 0 Å². The summed E-state index contributed by atoms with van der Waals surface area (Å²) in [5, 5.41) is 0. The second-order valence-electron chi connectivity index (χ2n) is 8.84. The smallest absolute Gasteiger partial charge is 0.310 e. The highest BCUT2D eigenvalue weighted by molar-refractivity contribution is 5.82. The number of esters is 2. The Labute approximate surface area is 160 Å². The van der Waals surface area contributed by atoms with Gasteiger partial charge in [-0.05, 0) is 51.9 Å². The van der Waals surface area contributed by atoms with Gasteiger partial charge in [-0.25, -0.2) is 0 Å². The molecule has 26 heavy (non-hydrogen) atoms. The van der Waals surface area contributed by atoms with E-state index in [1.165, 1.54) is 6.42 Å². The summed E-state index contributed by atoms with van der Waals surface area (Å²) in [5.74, 6) is -0.383. The molecule has 152 valence electrons. The molecule has 0 spiro atoms. The molecule has 0 radical (unpaired) electrons. The second kappa shape index (κ2) is 11.6. The zero-order valence-electron chi connectivity index (χ0n) is 17.6. The van der Waals surface area contributed by atoms with Gasteiger partial charge in [0, 0.05) is 0 Å². The average Bonchev–Trinajstić information content (AvgIpc) is 2.58. The van der Waals surface area contributed by atoms with Crippen LogP contribution >= 0.6 is 0 Å². The van der Waals surface area contributed by atoms with Gasteiger partial charge >= 0.3 is 11.9 Å². The number of carbonyl (C=O) groups is 2. The Morgan fingerprint density at radius 2 is 1.62 bits per heavy atom. The summed E-state index contributed by atoms with van der Waals surface area (Å²) in [4.78, 5) is 25.2. The summed E-state index contributed by atoms with van der Waals surface area (Å²) in [6, 6.07) is 0. The van der Waals surface area contributed by atoms with Gasteiger partial charge in [-0.2, -0.15) is 0 Å². The Balaban J connectivity index is 2.54. The lowest BCUT2D eigenvalue weighted by molar-refractivity contribution is -0.172. The number of carbonyl (C=O) groups excluding carboxylic acids is 2. The first-order valence-electron chi connectivity index (χ1n) is 10.7. The minimum atomic E-state index is -0.470. The van der Waals surface area contributed by atoms with Gasteiger partial charge in [-0.1, -0.05) is 52.9 Å². The van der Waals surface area contributed by atoms with Gasteiger partial charge in [0.1, 0.15) is 5.60 Å². The zero-order valence-corrected chi connectivity index (χ0v) is 17.6. The fourth-order valence-electron chi connectivity index (χ4n) is 3.62. The largest absolute Gasteiger partial charge is 0.465 e. The average molecular weight is 369 g/mol. The van der Waals surface area contributed by atoms with E-state index in [1.54, 1.807) is 0 Å². The van der Waals surface area contributed by atoms with E-state index in [4.69, 9.17) is 9.47 Å². The van der Waals surface area contributed by atoms with Gasteiger partial charge < -0.3 is 9.47 Å². The lowest BCUT2D eigenvalue weighted by Crippen LogP contribution is -2.39. The number of hydrogen-bond acceptors (Lipinski definition) is 4. The SMILES string of the molecule is CCCCOC(=O)C1CCCCC1C(=O)OC(C)(C)CCCCC(C)C. The molecular weight excluding hydrogens is 328 g/mol. The van der Waals surface area contributed by atoms with Gasteiger partial charge in [-0.3, -0.25) is 9.59 Å². The van der Waals surface area contributed by atoms with Crippen LogP contribution in [0.5, 0.6) is 0 Å². The van der Waals surface area contributed by atoms with Crippen LogP contribution < -0.4 is 0 Å². The van der Waals surface area contributed by atoms with Gasteiger partial charge in [0.2, 0.25) is 0 Å². The van der Waals surface area contributed by atoms with Crippen molar-refractivity contribution in [1.29, 1.82) is 0 Å². The van der Waals surface area contributed by atoms with Gasteiger partial charge in [-0.15, -0.1) is 0 Å². The van der Waals surface area contributed by atoms with Crippen molar-refractivity contribution in [2.75, 3.05) is 6.61 Å². The first-order chi connectivity index (χ1) is 12.3. The van der Waals surface area contributed by atoms with Crippen molar-refractivity contribution in [2.24, 2.45) is 17.8 Å². The monoisotopic (exact) mass is 368 g/mol. The molecule has 4 heteroatoms. The maximum absolute atomic E-state index is 12.8. The van der Waals surface area contributed by atoms with E-state index in [2.05, 4.69) is 20.8 Å². The van der Waals surface area contributed by atoms with Crippen LogP contribution in [0.15, 0.2) is 0 Å². The van der Waals surface area contributed by atoms with Crippen molar-refractivity contribution < 1.29 is 19.1 Å². The molecule has 2 atom stereocenters. The molecule has 1 rings (SSSR count). The van der Waals surface area contributed by atoms with Crippen LogP contribution in [0, 0.1) is 17.8 Å². The van der Waals surface area contributed by atoms with E-state index in [1.807, 2.05) is 13.8 Å². The molecule has 0 heterocycles. The molecule has 0 saturated heterocycles. The Morgan fingerprint density at radius 3 is 2.19 bits per heavy atom. The third-order valence-electron chi connectivity index (χ3n) is 5.30. The Morgan fingerprint density at radius 1 is 1.00 bits per heavy atom. The predicted molar refractivity (Wildman–Crippen MR) is 105 cm³/mol. The number of rotatable bonds is 11. The van der Waals surface area contributed by atoms with Crippen molar-refractivity contribution in [1.82, 2.24) is 0 Å². The number of ether oxygens (including phenoxy) is 2. The van der Waals surface area contributed by atoms with Crippen molar-refractivity contribution >= 4 is 11.9 Å². The molecule has 0 aliphatic heterocycles. The highest BCUT2D eigenvalue weighted by Crippen LogP contribution is 2.34. The molecule has 0 bridgehead atoms. The molecule has 2 unspecified atom stereocenters. The standard InChI is InChI=1S/C22H40O4/c1-6-7-16-25-20(23)18-13-8-9-14-19(18)21(24)26-22(4,5)15-11-10-12-17(2)3/h17-19H,6-16H2,1-5H3. The summed E-state index contributed by atoms with van der Waals surface area (Å²) in [6.07, 6.45) is 9.59. The molecule has 0 amide bonds. The highest BCUT2D eigenvalue weighted by atomic mass is 16.6. The maximum Gasteiger partial charge on any atom is 0.310 e. The first-order valence-corrected chi connectivity index (χ1v) is 10.7. The fraction of sp³-hybridized carbons (Fsp3) is 0.909. The van der Waals surface area contributed by atoms with Crippen LogP contribution in [-0.4, -0.2) is 24.1 Å². The fourth-order valence-corrected chi connectivity index (χ4v) is 3.62. The lowest BCUT2D eigenvalue weighted by Gasteiger charge is -2.32. The normalized spacial score (nSPS) is 20.8. The number of unbranched alkanes of at least 4 members (excludes halogenated alkanes) is 2. The van der Waals surface area contributed by atoms with Crippen LogP contribution in [-0.2, 0) is 19.1 Å². The van der Waals surface area contributed by atoms with E-state index < -0.39 is 5.60 Å². The van der Waals surface area contributed by atoms with E-state index in [0.29, 0.717) is 12.5 Å². The molecule has 1 saturated carbocycles. The number of hydrogen-bond donors (Lipinski definition) is 0. The quantitative estimate of drug-likeness (QED) is 0.348. The molecule has 1 aliphatic carbocycles. The Bertz CT molecular complexity index is 428. The molecule has 0 aromatic heterocycles. The van der Waals surface area contributed by atoms with Crippen molar-refractivity contribution in [3.8, 4) is 0 Å². The van der Waals surface area contributed by atoms with Crippen molar-refractivity contribution in [2.45, 2.75) is 104 Å². The molecular formula is C22H40O4. The second-order valence-corrected chi connectivity index (χ2v) is 8.84. The predicted octanol–water partition coefficient (Wildman–Crippen LogP) is 5.67. The minimum Gasteiger partial charge on any atom is -0.465 e. The van der Waals surface area contributed by atoms with Crippen LogP contribution in [0.2, 0.25) is 0 Å². The topological polar surface area (TPSA) is 52.6 Å². The van der Waals surface area contributed by atoms with E-state index >= 15 is 0 Å². The zero-order chi connectivity index (χ0) is 19.6. The molecule has 0 aromatic carbocycles. The molecule has 0 aromatic rings. The Kier molecular flexibility index (Phi) is 10.3. The molecule has 4 nitrogen and oxygen atoms in total. The van der Waals surface area contributed by atoms with Crippen LogP contribution in [0.25, 0.3) is 0 Å². The third-order valence-corrected chi connectivity index (χ3v) is 5.30. The first kappa shape index (κ1) is 23.0. The Hall–Kier alpha value is -1.06. The van der Waals surface area contributed by atoms with Crippen molar-refractivity contribution in [3.63, 3.8) is 0 Å². The minimum absolute atomic E-state index is 0.212. The van der Waals surface area contributed by atoms with Crippen molar-refractivity contribution in [3.05, 3.63) is 0 Å². The van der Waals surface area contributed by atoms with Gasteiger partial charge in [0.05, 0.1) is 18.4 Å². The highest BCUT2D eigenvalue weighted by Gasteiger charge is 2.39. The summed E-state index contributed by atoms with van der Waals surface area (Å²) in [7, 11) is 0. The summed E-state index contributed by atoms with van der Waals surface area (Å²) in [5.41, 5.74) is -0.470. The summed E-state index contributed by atoms with van der Waals surface area (Å²) in [6.45, 7) is 10.9. The molecule has 0 N–H and O–H groups in total. The molecule has 1 fully saturated rings. The third kappa shape index (κ3) is 8.55. The summed E-state index contributed by atoms with van der Waals surface area (Å²) < 4.78 is 11.2. The van der Waals surface area contributed by atoms with Crippen LogP contribution in [0.4, 0.5) is 0 Å². The van der Waals surface area contributed by atoms with E-state index in [0.717, 1.165) is 57.8 Å². The van der Waals surface area contributed by atoms with E-state index in [-0.39, 0.29) is 23.8 Å². The summed E-state index contributed by atoms with van der Waals surface area (Å²) >= 11 is 0. The van der Waals surface area contributed by atoms with Gasteiger partial charge in [0.25, 0.3) is 0 Å². The lowest BCUT2D eigenvalue weighted by atomic mass is 9.79.